The predicted molar refractivity (Wildman–Crippen MR) is 86.6 cm³/mol. The summed E-state index contributed by atoms with van der Waals surface area (Å²) in [6.45, 7) is 1.59. The first kappa shape index (κ1) is 14.3. The van der Waals surface area contributed by atoms with Gasteiger partial charge < -0.3 is 5.73 Å². The molecule has 0 radical (unpaired) electrons. The Kier molecular flexibility index (Phi) is 4.08. The first-order valence-electron chi connectivity index (χ1n) is 7.01. The highest BCUT2D eigenvalue weighted by Crippen LogP contribution is 2.31. The fourth-order valence-corrected chi connectivity index (χ4v) is 3.47. The Morgan fingerprint density at radius 3 is 2.48 bits per heavy atom. The molecule has 0 aliphatic carbocycles. The number of nitrogens with zero attached hydrogens (tertiary/aromatic N) is 1. The molecule has 1 amide bonds. The molecule has 3 nitrogen and oxygen atoms in total. The van der Waals surface area contributed by atoms with Crippen LogP contribution in [0.1, 0.15) is 22.7 Å². The number of carbonyl (C=O) groups excluding carboxylic acids is 1. The average Bonchev–Trinajstić information content (AvgIpc) is 2.49. The molecule has 1 unspecified atom stereocenters. The molecule has 108 valence electrons. The maximum absolute atomic E-state index is 12.0. The lowest BCUT2D eigenvalue weighted by Crippen LogP contribution is -2.41. The van der Waals surface area contributed by atoms with Crippen LogP contribution in [0.2, 0.25) is 0 Å². The van der Waals surface area contributed by atoms with Crippen molar-refractivity contribution in [1.29, 1.82) is 0 Å². The number of amides is 1. The van der Waals surface area contributed by atoms with Crippen molar-refractivity contribution in [3.05, 3.63) is 69.7 Å². The first-order valence-corrected chi connectivity index (χ1v) is 7.80. The maximum Gasteiger partial charge on any atom is 0.239 e. The van der Waals surface area contributed by atoms with E-state index in [9.17, 15) is 4.79 Å². The monoisotopic (exact) mass is 344 g/mol. The van der Waals surface area contributed by atoms with Crippen molar-refractivity contribution in [1.82, 2.24) is 4.90 Å². The van der Waals surface area contributed by atoms with E-state index in [0.29, 0.717) is 0 Å². The van der Waals surface area contributed by atoms with Gasteiger partial charge in [-0.1, -0.05) is 58.4 Å². The number of hydrogen-bond donors (Lipinski definition) is 1. The van der Waals surface area contributed by atoms with Crippen LogP contribution in [0.5, 0.6) is 0 Å². The highest BCUT2D eigenvalue weighted by atomic mass is 79.9. The molecule has 21 heavy (non-hydrogen) atoms. The summed E-state index contributed by atoms with van der Waals surface area (Å²) in [5.41, 5.74) is 9.27. The number of hydrogen-bond acceptors (Lipinski definition) is 2. The molecule has 2 aromatic carbocycles. The summed E-state index contributed by atoms with van der Waals surface area (Å²) in [6, 6.07) is 15.8. The van der Waals surface area contributed by atoms with Gasteiger partial charge in [0.1, 0.15) is 6.04 Å². The molecule has 1 atom stereocenters. The van der Waals surface area contributed by atoms with Crippen LogP contribution in [-0.2, 0) is 17.8 Å². The van der Waals surface area contributed by atoms with E-state index in [0.717, 1.165) is 29.5 Å². The number of halogens is 1. The van der Waals surface area contributed by atoms with Gasteiger partial charge in [-0.2, -0.15) is 0 Å². The predicted octanol–water partition coefficient (Wildman–Crippen LogP) is 3.03. The van der Waals surface area contributed by atoms with Crippen LogP contribution in [-0.4, -0.2) is 17.4 Å². The minimum Gasteiger partial charge on any atom is -0.368 e. The van der Waals surface area contributed by atoms with E-state index in [4.69, 9.17) is 5.73 Å². The maximum atomic E-state index is 12.0. The van der Waals surface area contributed by atoms with E-state index >= 15 is 0 Å². The second kappa shape index (κ2) is 6.00. The van der Waals surface area contributed by atoms with Gasteiger partial charge in [0.2, 0.25) is 5.91 Å². The number of rotatable bonds is 3. The van der Waals surface area contributed by atoms with Crippen LogP contribution in [0, 0.1) is 0 Å². The molecule has 1 heterocycles. The molecular formula is C17H17BrN2O. The van der Waals surface area contributed by atoms with Gasteiger partial charge in [-0.3, -0.25) is 9.69 Å². The summed E-state index contributed by atoms with van der Waals surface area (Å²) in [5.74, 6) is -0.304. The Morgan fingerprint density at radius 2 is 1.76 bits per heavy atom. The van der Waals surface area contributed by atoms with Crippen LogP contribution < -0.4 is 5.73 Å². The zero-order valence-corrected chi connectivity index (χ0v) is 13.2. The van der Waals surface area contributed by atoms with Crippen LogP contribution in [0.4, 0.5) is 0 Å². The molecule has 0 fully saturated rings. The van der Waals surface area contributed by atoms with E-state index in [1.54, 1.807) is 0 Å². The van der Waals surface area contributed by atoms with Crippen molar-refractivity contribution in [3.63, 3.8) is 0 Å². The van der Waals surface area contributed by atoms with Gasteiger partial charge in [0.05, 0.1) is 0 Å². The zero-order valence-electron chi connectivity index (χ0n) is 11.6. The minimum atomic E-state index is -0.395. The van der Waals surface area contributed by atoms with Gasteiger partial charge in [0, 0.05) is 17.6 Å². The minimum absolute atomic E-state index is 0.304. The quantitative estimate of drug-likeness (QED) is 0.930. The number of fused-ring (bicyclic) bond motifs is 1. The van der Waals surface area contributed by atoms with Gasteiger partial charge in [0.15, 0.2) is 0 Å². The van der Waals surface area contributed by atoms with Crippen LogP contribution in [0.3, 0.4) is 0 Å². The molecule has 0 saturated carbocycles. The lowest BCUT2D eigenvalue weighted by molar-refractivity contribution is -0.123. The van der Waals surface area contributed by atoms with E-state index < -0.39 is 6.04 Å². The third-order valence-electron chi connectivity index (χ3n) is 3.99. The third kappa shape index (κ3) is 2.87. The topological polar surface area (TPSA) is 46.3 Å². The molecule has 1 aliphatic heterocycles. The van der Waals surface area contributed by atoms with E-state index in [1.807, 2.05) is 30.3 Å². The summed E-state index contributed by atoms with van der Waals surface area (Å²) in [6.07, 6.45) is 0.949. The average molecular weight is 345 g/mol. The lowest BCUT2D eigenvalue weighted by Gasteiger charge is -2.34. The van der Waals surface area contributed by atoms with E-state index in [2.05, 4.69) is 39.0 Å². The van der Waals surface area contributed by atoms with Gasteiger partial charge in [-0.05, 0) is 29.2 Å². The number of carbonyl (C=O) groups is 1. The summed E-state index contributed by atoms with van der Waals surface area (Å²) >= 11 is 3.53. The fourth-order valence-electron chi connectivity index (χ4n) is 2.96. The standard InChI is InChI=1S/C17H17BrN2O/c18-15-8-4-3-7-14(15)16(17(19)21)20-10-9-12-5-1-2-6-13(12)11-20/h1-8,16H,9-11H2,(H2,19,21). The van der Waals surface area contributed by atoms with E-state index in [-0.39, 0.29) is 5.91 Å². The molecule has 1 aliphatic rings. The van der Waals surface area contributed by atoms with Crippen molar-refractivity contribution in [2.45, 2.75) is 19.0 Å². The summed E-state index contributed by atoms with van der Waals surface area (Å²) in [4.78, 5) is 14.2. The molecular weight excluding hydrogens is 328 g/mol. The van der Waals surface area contributed by atoms with Crippen molar-refractivity contribution in [3.8, 4) is 0 Å². The summed E-state index contributed by atoms with van der Waals surface area (Å²) in [7, 11) is 0. The highest BCUT2D eigenvalue weighted by molar-refractivity contribution is 9.10. The van der Waals surface area contributed by atoms with Crippen molar-refractivity contribution in [2.75, 3.05) is 6.54 Å². The Labute approximate surface area is 132 Å². The Bertz CT molecular complexity index is 671. The molecule has 0 spiro atoms. The smallest absolute Gasteiger partial charge is 0.239 e. The number of nitrogens with two attached hydrogens (primary N) is 1. The second-order valence-corrected chi connectivity index (χ2v) is 6.17. The largest absolute Gasteiger partial charge is 0.368 e. The zero-order chi connectivity index (χ0) is 14.8. The van der Waals surface area contributed by atoms with Crippen LogP contribution in [0.15, 0.2) is 53.0 Å². The van der Waals surface area contributed by atoms with Crippen LogP contribution in [0.25, 0.3) is 0 Å². The second-order valence-electron chi connectivity index (χ2n) is 5.32. The van der Waals surface area contributed by atoms with Crippen molar-refractivity contribution in [2.24, 2.45) is 5.73 Å². The summed E-state index contributed by atoms with van der Waals surface area (Å²) in [5, 5.41) is 0. The number of benzene rings is 2. The molecule has 0 bridgehead atoms. The molecule has 0 aromatic heterocycles. The van der Waals surface area contributed by atoms with E-state index in [1.165, 1.54) is 11.1 Å². The third-order valence-corrected chi connectivity index (χ3v) is 4.72. The number of primary amides is 1. The first-order chi connectivity index (χ1) is 10.2. The molecule has 3 rings (SSSR count). The molecule has 2 N–H and O–H groups in total. The Morgan fingerprint density at radius 1 is 1.10 bits per heavy atom. The van der Waals surface area contributed by atoms with Gasteiger partial charge in [0.25, 0.3) is 0 Å². The Hall–Kier alpha value is -1.65. The molecule has 2 aromatic rings. The normalized spacial score (nSPS) is 16.2. The van der Waals surface area contributed by atoms with Crippen molar-refractivity contribution < 1.29 is 4.79 Å². The molecule has 0 saturated heterocycles. The molecule has 4 heteroatoms. The summed E-state index contributed by atoms with van der Waals surface area (Å²) < 4.78 is 0.924. The highest BCUT2D eigenvalue weighted by Gasteiger charge is 2.29. The van der Waals surface area contributed by atoms with Gasteiger partial charge in [-0.15, -0.1) is 0 Å². The Balaban J connectivity index is 1.94. The SMILES string of the molecule is NC(=O)C(c1ccccc1Br)N1CCc2ccccc2C1. The lowest BCUT2D eigenvalue weighted by atomic mass is 9.96. The fraction of sp³-hybridized carbons (Fsp3) is 0.235. The van der Waals surface area contributed by atoms with Crippen molar-refractivity contribution >= 4 is 21.8 Å². The van der Waals surface area contributed by atoms with Gasteiger partial charge >= 0.3 is 0 Å². The van der Waals surface area contributed by atoms with Gasteiger partial charge in [-0.25, -0.2) is 0 Å². The van der Waals surface area contributed by atoms with Crippen LogP contribution >= 0.6 is 15.9 Å².